The van der Waals surface area contributed by atoms with Crippen LogP contribution in [0.2, 0.25) is 0 Å². The van der Waals surface area contributed by atoms with E-state index in [2.05, 4.69) is 17.4 Å². The van der Waals surface area contributed by atoms with Crippen molar-refractivity contribution in [3.05, 3.63) is 53.6 Å². The number of carbonyl (C=O) groups is 2. The van der Waals surface area contributed by atoms with E-state index in [4.69, 9.17) is 9.47 Å². The van der Waals surface area contributed by atoms with Crippen LogP contribution in [0.5, 0.6) is 11.5 Å². The Kier molecular flexibility index (Phi) is 4.81. The fraction of sp³-hybridized carbons (Fsp3) is 0.333. The number of urea groups is 1. The first-order chi connectivity index (χ1) is 13.6. The van der Waals surface area contributed by atoms with Crippen molar-refractivity contribution in [3.63, 3.8) is 0 Å². The first kappa shape index (κ1) is 18.2. The first-order valence-corrected chi connectivity index (χ1v) is 9.26. The average Bonchev–Trinajstić information content (AvgIpc) is 2.73. The molecular weight excluding hydrogens is 358 g/mol. The highest BCUT2D eigenvalue weighted by atomic mass is 16.5. The molecule has 1 fully saturated rings. The fourth-order valence-electron chi connectivity index (χ4n) is 3.95. The highest BCUT2D eigenvalue weighted by molar-refractivity contribution is 5.93. The van der Waals surface area contributed by atoms with Gasteiger partial charge in [0.2, 0.25) is 5.91 Å². The number of rotatable bonds is 3. The fourth-order valence-corrected chi connectivity index (χ4v) is 3.95. The third kappa shape index (κ3) is 3.24. The Balaban J connectivity index is 1.52. The molecule has 0 aliphatic carbocycles. The number of carbonyl (C=O) groups excluding carboxylic acids is 2. The summed E-state index contributed by atoms with van der Waals surface area (Å²) in [5, 5.41) is 2.86. The predicted molar refractivity (Wildman–Crippen MR) is 105 cm³/mol. The van der Waals surface area contributed by atoms with Crippen LogP contribution in [0.15, 0.2) is 42.5 Å². The van der Waals surface area contributed by atoms with Gasteiger partial charge in [0.25, 0.3) is 0 Å². The smallest absolute Gasteiger partial charge is 0.322 e. The lowest BCUT2D eigenvalue weighted by atomic mass is 9.91. The number of amides is 3. The zero-order valence-electron chi connectivity index (χ0n) is 16.0. The Labute approximate surface area is 163 Å². The van der Waals surface area contributed by atoms with E-state index in [1.807, 2.05) is 17.0 Å². The molecule has 0 spiro atoms. The van der Waals surface area contributed by atoms with Crippen LogP contribution in [0.1, 0.15) is 17.2 Å². The van der Waals surface area contributed by atoms with Gasteiger partial charge >= 0.3 is 6.03 Å². The van der Waals surface area contributed by atoms with Crippen molar-refractivity contribution in [3.8, 4) is 11.5 Å². The SMILES string of the molecule is COc1ccc(NC(=O)N2CC(=O)N3CCc4ccccc4[C@@H]3C2)cc1OC. The molecule has 2 aliphatic rings. The van der Waals surface area contributed by atoms with Crippen LogP contribution in [-0.4, -0.2) is 55.6 Å². The number of piperazine rings is 1. The first-order valence-electron chi connectivity index (χ1n) is 9.26. The third-order valence-electron chi connectivity index (χ3n) is 5.37. The Hall–Kier alpha value is -3.22. The Morgan fingerprint density at radius 2 is 1.89 bits per heavy atom. The largest absolute Gasteiger partial charge is 0.493 e. The summed E-state index contributed by atoms with van der Waals surface area (Å²) >= 11 is 0. The third-order valence-corrected chi connectivity index (χ3v) is 5.37. The molecule has 0 saturated carbocycles. The number of hydrogen-bond donors (Lipinski definition) is 1. The molecule has 0 unspecified atom stereocenters. The van der Waals surface area contributed by atoms with Crippen LogP contribution in [0.4, 0.5) is 10.5 Å². The molecule has 4 rings (SSSR count). The van der Waals surface area contributed by atoms with Crippen molar-refractivity contribution in [1.82, 2.24) is 9.80 Å². The molecule has 2 aromatic carbocycles. The van der Waals surface area contributed by atoms with Gasteiger partial charge in [0, 0.05) is 24.8 Å². The van der Waals surface area contributed by atoms with Gasteiger partial charge in [0.15, 0.2) is 11.5 Å². The van der Waals surface area contributed by atoms with Crippen LogP contribution < -0.4 is 14.8 Å². The number of fused-ring (bicyclic) bond motifs is 3. The minimum atomic E-state index is -0.303. The van der Waals surface area contributed by atoms with E-state index < -0.39 is 0 Å². The highest BCUT2D eigenvalue weighted by Crippen LogP contribution is 2.34. The molecule has 146 valence electrons. The number of nitrogens with one attached hydrogen (secondary N) is 1. The summed E-state index contributed by atoms with van der Waals surface area (Å²) in [7, 11) is 3.10. The quantitative estimate of drug-likeness (QED) is 0.887. The maximum atomic E-state index is 12.8. The molecule has 2 aromatic rings. The zero-order valence-corrected chi connectivity index (χ0v) is 16.0. The monoisotopic (exact) mass is 381 g/mol. The second kappa shape index (κ2) is 7.42. The van der Waals surface area contributed by atoms with Gasteiger partial charge in [-0.15, -0.1) is 0 Å². The van der Waals surface area contributed by atoms with Gasteiger partial charge in [-0.25, -0.2) is 4.79 Å². The van der Waals surface area contributed by atoms with Gasteiger partial charge in [-0.1, -0.05) is 24.3 Å². The summed E-state index contributed by atoms with van der Waals surface area (Å²) in [5.74, 6) is 1.10. The number of benzene rings is 2. The number of ether oxygens (including phenoxy) is 2. The lowest BCUT2D eigenvalue weighted by Gasteiger charge is -2.44. The molecule has 0 radical (unpaired) electrons. The summed E-state index contributed by atoms with van der Waals surface area (Å²) in [6.45, 7) is 1.26. The van der Waals surface area contributed by atoms with Gasteiger partial charge in [-0.2, -0.15) is 0 Å². The van der Waals surface area contributed by atoms with Crippen molar-refractivity contribution >= 4 is 17.6 Å². The van der Waals surface area contributed by atoms with E-state index >= 15 is 0 Å². The number of methoxy groups -OCH3 is 2. The summed E-state index contributed by atoms with van der Waals surface area (Å²) in [6, 6.07) is 12.9. The molecule has 0 bridgehead atoms. The lowest BCUT2D eigenvalue weighted by molar-refractivity contribution is -0.139. The summed E-state index contributed by atoms with van der Waals surface area (Å²) < 4.78 is 10.5. The number of hydrogen-bond acceptors (Lipinski definition) is 4. The van der Waals surface area contributed by atoms with Crippen molar-refractivity contribution in [2.45, 2.75) is 12.5 Å². The van der Waals surface area contributed by atoms with Crippen molar-refractivity contribution in [2.75, 3.05) is 39.2 Å². The van der Waals surface area contributed by atoms with Crippen LogP contribution in [0.3, 0.4) is 0 Å². The van der Waals surface area contributed by atoms with E-state index in [1.165, 1.54) is 5.56 Å². The van der Waals surface area contributed by atoms with E-state index in [-0.39, 0.29) is 24.5 Å². The molecule has 0 aromatic heterocycles. The summed E-state index contributed by atoms with van der Waals surface area (Å²) in [4.78, 5) is 28.9. The van der Waals surface area contributed by atoms with Gasteiger partial charge < -0.3 is 24.6 Å². The van der Waals surface area contributed by atoms with E-state index in [0.29, 0.717) is 30.3 Å². The van der Waals surface area contributed by atoms with Crippen molar-refractivity contribution < 1.29 is 19.1 Å². The molecule has 1 saturated heterocycles. The normalized spacial score (nSPS) is 18.2. The Morgan fingerprint density at radius 3 is 2.68 bits per heavy atom. The van der Waals surface area contributed by atoms with E-state index in [0.717, 1.165) is 12.0 Å². The summed E-state index contributed by atoms with van der Waals surface area (Å²) in [6.07, 6.45) is 0.857. The standard InChI is InChI=1S/C21H23N3O4/c1-27-18-8-7-15(11-19(18)28-2)22-21(26)23-12-17-16-6-4-3-5-14(16)9-10-24(17)20(25)13-23/h3-8,11,17H,9-10,12-13H2,1-2H3,(H,22,26)/t17-/m0/s1. The molecular formula is C21H23N3O4. The predicted octanol–water partition coefficient (Wildman–Crippen LogP) is 2.68. The van der Waals surface area contributed by atoms with Crippen molar-refractivity contribution in [2.24, 2.45) is 0 Å². The lowest BCUT2D eigenvalue weighted by Crippen LogP contribution is -2.56. The zero-order chi connectivity index (χ0) is 19.7. The van der Waals surface area contributed by atoms with Gasteiger partial charge in [-0.3, -0.25) is 4.79 Å². The summed E-state index contributed by atoms with van der Waals surface area (Å²) in [5.41, 5.74) is 2.96. The molecule has 1 atom stereocenters. The second-order valence-corrected chi connectivity index (χ2v) is 6.93. The topological polar surface area (TPSA) is 71.1 Å². The Morgan fingerprint density at radius 1 is 1.11 bits per heavy atom. The molecule has 28 heavy (non-hydrogen) atoms. The second-order valence-electron chi connectivity index (χ2n) is 6.93. The van der Waals surface area contributed by atoms with E-state index in [1.54, 1.807) is 37.3 Å². The minimum Gasteiger partial charge on any atom is -0.493 e. The highest BCUT2D eigenvalue weighted by Gasteiger charge is 2.38. The molecule has 1 N–H and O–H groups in total. The van der Waals surface area contributed by atoms with Crippen LogP contribution in [0, 0.1) is 0 Å². The van der Waals surface area contributed by atoms with Gasteiger partial charge in [0.05, 0.1) is 20.3 Å². The van der Waals surface area contributed by atoms with Gasteiger partial charge in [0.1, 0.15) is 6.54 Å². The van der Waals surface area contributed by atoms with E-state index in [9.17, 15) is 9.59 Å². The molecule has 7 nitrogen and oxygen atoms in total. The maximum Gasteiger partial charge on any atom is 0.322 e. The van der Waals surface area contributed by atoms with Crippen molar-refractivity contribution in [1.29, 1.82) is 0 Å². The average molecular weight is 381 g/mol. The molecule has 2 heterocycles. The number of nitrogens with zero attached hydrogens (tertiary/aromatic N) is 2. The van der Waals surface area contributed by atoms with Crippen LogP contribution in [-0.2, 0) is 11.2 Å². The maximum absolute atomic E-state index is 12.8. The Bertz CT molecular complexity index is 914. The minimum absolute atomic E-state index is 0.0202. The molecule has 2 aliphatic heterocycles. The number of anilines is 1. The van der Waals surface area contributed by atoms with Crippen LogP contribution in [0.25, 0.3) is 0 Å². The molecule has 7 heteroatoms. The van der Waals surface area contributed by atoms with Crippen LogP contribution >= 0.6 is 0 Å². The van der Waals surface area contributed by atoms with Gasteiger partial charge in [-0.05, 0) is 29.7 Å². The molecule has 3 amide bonds.